The van der Waals surface area contributed by atoms with Crippen LogP contribution < -0.4 is 45.0 Å². The summed E-state index contributed by atoms with van der Waals surface area (Å²) in [6.07, 6.45) is -0.565. The van der Waals surface area contributed by atoms with E-state index in [4.69, 9.17) is 34.2 Å². The second-order valence-corrected chi connectivity index (χ2v) is 7.21. The Kier molecular flexibility index (Phi) is 5.55. The third kappa shape index (κ3) is 3.70. The van der Waals surface area contributed by atoms with Gasteiger partial charge < -0.3 is 34.2 Å². The second kappa shape index (κ2) is 8.31. The van der Waals surface area contributed by atoms with Crippen LogP contribution in [-0.2, 0) is 0 Å². The summed E-state index contributed by atoms with van der Waals surface area (Å²) >= 11 is 0. The molecule has 0 bridgehead atoms. The molecule has 0 aliphatic carbocycles. The molecule has 3 atom stereocenters. The maximum atomic E-state index is 11.2. The number of rotatable bonds is 6. The van der Waals surface area contributed by atoms with Gasteiger partial charge in [0.05, 0.1) is 21.3 Å². The van der Waals surface area contributed by atoms with E-state index >= 15 is 0 Å². The molecule has 2 aromatic rings. The van der Waals surface area contributed by atoms with E-state index in [2.05, 4.69) is 10.9 Å². The predicted octanol–water partition coefficient (Wildman–Crippen LogP) is 2.10. The standard InChI is InChI=1S/C21H25N3O7/c1-10-18(11-5-16(26-2)19(28-4)17(6-11)27-3)12-7-14-15(30-9-29-14)8-13(12)31-20(10)23-24-21(22)25/h5-8,10,18,20,23H,9H2,1-4H3,(H3,22,24,25). The third-order valence-electron chi connectivity index (χ3n) is 5.48. The number of nitrogens with one attached hydrogen (secondary N) is 2. The molecule has 0 fully saturated rings. The molecule has 0 saturated carbocycles. The maximum Gasteiger partial charge on any atom is 0.326 e. The van der Waals surface area contributed by atoms with Crippen molar-refractivity contribution in [2.45, 2.75) is 19.1 Å². The molecule has 0 saturated heterocycles. The molecule has 31 heavy (non-hydrogen) atoms. The van der Waals surface area contributed by atoms with E-state index in [0.29, 0.717) is 34.5 Å². The number of hydrogen-bond acceptors (Lipinski definition) is 8. The van der Waals surface area contributed by atoms with Gasteiger partial charge in [-0.15, -0.1) is 0 Å². The highest BCUT2D eigenvalue weighted by Gasteiger charge is 2.39. The Bertz CT molecular complexity index is 972. The van der Waals surface area contributed by atoms with Crippen molar-refractivity contribution in [3.63, 3.8) is 0 Å². The third-order valence-corrected chi connectivity index (χ3v) is 5.48. The molecule has 2 heterocycles. The van der Waals surface area contributed by atoms with E-state index in [0.717, 1.165) is 11.1 Å². The number of nitrogens with two attached hydrogens (primary N) is 1. The number of fused-ring (bicyclic) bond motifs is 2. The normalized spacial score (nSPS) is 21.0. The Labute approximate surface area is 179 Å². The molecule has 166 valence electrons. The summed E-state index contributed by atoms with van der Waals surface area (Å²) in [5, 5.41) is 0. The van der Waals surface area contributed by atoms with Gasteiger partial charge in [-0.25, -0.2) is 4.79 Å². The van der Waals surface area contributed by atoms with E-state index in [9.17, 15) is 4.79 Å². The zero-order valence-electron chi connectivity index (χ0n) is 17.7. The minimum atomic E-state index is -0.711. The van der Waals surface area contributed by atoms with Crippen molar-refractivity contribution < 1.29 is 33.2 Å². The van der Waals surface area contributed by atoms with Gasteiger partial charge in [-0.1, -0.05) is 6.92 Å². The fourth-order valence-electron chi connectivity index (χ4n) is 4.05. The summed E-state index contributed by atoms with van der Waals surface area (Å²) in [4.78, 5) is 11.2. The van der Waals surface area contributed by atoms with E-state index in [1.54, 1.807) is 27.4 Å². The van der Waals surface area contributed by atoms with Gasteiger partial charge in [0.15, 0.2) is 29.2 Å². The summed E-state index contributed by atoms with van der Waals surface area (Å²) in [5.41, 5.74) is 12.3. The van der Waals surface area contributed by atoms with Crippen LogP contribution >= 0.6 is 0 Å². The fourth-order valence-corrected chi connectivity index (χ4v) is 4.05. The second-order valence-electron chi connectivity index (χ2n) is 7.21. The molecule has 2 aliphatic rings. The predicted molar refractivity (Wildman–Crippen MR) is 110 cm³/mol. The van der Waals surface area contributed by atoms with E-state index in [1.165, 1.54) is 0 Å². The summed E-state index contributed by atoms with van der Waals surface area (Å²) in [5.74, 6) is 3.12. The molecule has 2 aromatic carbocycles. The van der Waals surface area contributed by atoms with Gasteiger partial charge in [-0.05, 0) is 23.8 Å². The van der Waals surface area contributed by atoms with Gasteiger partial charge in [0, 0.05) is 23.5 Å². The summed E-state index contributed by atoms with van der Waals surface area (Å²) in [7, 11) is 4.70. The number of ether oxygens (including phenoxy) is 6. The number of benzene rings is 2. The summed E-state index contributed by atoms with van der Waals surface area (Å²) in [6.45, 7) is 2.15. The fraction of sp³-hybridized carbons (Fsp3) is 0.381. The number of hydrogen-bond donors (Lipinski definition) is 3. The maximum absolute atomic E-state index is 11.2. The average Bonchev–Trinajstić information content (AvgIpc) is 3.22. The van der Waals surface area contributed by atoms with E-state index < -0.39 is 12.3 Å². The first-order valence-electron chi connectivity index (χ1n) is 9.67. The quantitative estimate of drug-likeness (QED) is 0.595. The first kappa shape index (κ1) is 20.7. The van der Waals surface area contributed by atoms with E-state index in [-0.39, 0.29) is 18.6 Å². The molecular formula is C21H25N3O7. The number of hydrazine groups is 1. The number of amides is 2. The number of methoxy groups -OCH3 is 3. The Morgan fingerprint density at radius 1 is 1.00 bits per heavy atom. The largest absolute Gasteiger partial charge is 0.493 e. The highest BCUT2D eigenvalue weighted by Crippen LogP contribution is 2.51. The SMILES string of the molecule is COc1cc(C2c3cc4c(cc3OC(NNC(N)=O)C2C)OCO4)cc(OC)c1OC. The summed E-state index contributed by atoms with van der Waals surface area (Å²) < 4.78 is 33.8. The lowest BCUT2D eigenvalue weighted by atomic mass is 9.78. The molecule has 0 aromatic heterocycles. The van der Waals surface area contributed by atoms with Crippen molar-refractivity contribution in [1.82, 2.24) is 10.9 Å². The van der Waals surface area contributed by atoms with Crippen molar-refractivity contribution in [3.8, 4) is 34.5 Å². The number of primary amides is 1. The topological polar surface area (TPSA) is 123 Å². The van der Waals surface area contributed by atoms with Crippen molar-refractivity contribution in [1.29, 1.82) is 0 Å². The Morgan fingerprint density at radius 2 is 1.65 bits per heavy atom. The minimum absolute atomic E-state index is 0.137. The number of urea groups is 1. The van der Waals surface area contributed by atoms with Crippen LogP contribution in [-0.4, -0.2) is 40.4 Å². The van der Waals surface area contributed by atoms with Gasteiger partial charge >= 0.3 is 6.03 Å². The van der Waals surface area contributed by atoms with Crippen LogP contribution in [0.3, 0.4) is 0 Å². The molecule has 0 spiro atoms. The molecule has 4 rings (SSSR count). The molecule has 3 unspecified atom stereocenters. The lowest BCUT2D eigenvalue weighted by molar-refractivity contribution is 0.0691. The summed E-state index contributed by atoms with van der Waals surface area (Å²) in [6, 6.07) is 6.80. The van der Waals surface area contributed by atoms with Crippen LogP contribution in [0.1, 0.15) is 24.0 Å². The van der Waals surface area contributed by atoms with Gasteiger partial charge in [-0.3, -0.25) is 5.43 Å². The monoisotopic (exact) mass is 431 g/mol. The van der Waals surface area contributed by atoms with Crippen LogP contribution in [0, 0.1) is 5.92 Å². The van der Waals surface area contributed by atoms with Crippen LogP contribution in [0.15, 0.2) is 24.3 Å². The van der Waals surface area contributed by atoms with Crippen LogP contribution in [0.5, 0.6) is 34.5 Å². The van der Waals surface area contributed by atoms with Gasteiger partial charge in [0.25, 0.3) is 0 Å². The van der Waals surface area contributed by atoms with Crippen molar-refractivity contribution >= 4 is 6.03 Å². The van der Waals surface area contributed by atoms with Crippen molar-refractivity contribution in [2.75, 3.05) is 28.1 Å². The Balaban J connectivity index is 1.84. The molecule has 10 heteroatoms. The van der Waals surface area contributed by atoms with Crippen LogP contribution in [0.2, 0.25) is 0 Å². The van der Waals surface area contributed by atoms with E-state index in [1.807, 2.05) is 25.1 Å². The molecule has 4 N–H and O–H groups in total. The zero-order valence-corrected chi connectivity index (χ0v) is 17.7. The lowest BCUT2D eigenvalue weighted by Crippen LogP contribution is -2.54. The van der Waals surface area contributed by atoms with Crippen molar-refractivity contribution in [3.05, 3.63) is 35.4 Å². The lowest BCUT2D eigenvalue weighted by Gasteiger charge is -2.38. The number of carbonyl (C=O) groups excluding carboxylic acids is 1. The van der Waals surface area contributed by atoms with Crippen molar-refractivity contribution in [2.24, 2.45) is 11.7 Å². The first-order valence-corrected chi connectivity index (χ1v) is 9.67. The highest BCUT2D eigenvalue weighted by molar-refractivity contribution is 5.71. The van der Waals surface area contributed by atoms with Crippen LogP contribution in [0.25, 0.3) is 0 Å². The highest BCUT2D eigenvalue weighted by atomic mass is 16.7. The minimum Gasteiger partial charge on any atom is -0.493 e. The number of carbonyl (C=O) groups is 1. The van der Waals surface area contributed by atoms with Gasteiger partial charge in [0.1, 0.15) is 5.75 Å². The molecule has 10 nitrogen and oxygen atoms in total. The Morgan fingerprint density at radius 3 is 2.23 bits per heavy atom. The molecule has 2 amide bonds. The van der Waals surface area contributed by atoms with Crippen LogP contribution in [0.4, 0.5) is 4.79 Å². The smallest absolute Gasteiger partial charge is 0.326 e. The molecule has 2 aliphatic heterocycles. The van der Waals surface area contributed by atoms with Gasteiger partial charge in [0.2, 0.25) is 12.5 Å². The Hall–Kier alpha value is -3.53. The molecular weight excluding hydrogens is 406 g/mol. The zero-order chi connectivity index (χ0) is 22.1. The first-order chi connectivity index (χ1) is 15.0. The van der Waals surface area contributed by atoms with Gasteiger partial charge in [-0.2, -0.15) is 5.43 Å². The molecule has 0 radical (unpaired) electrons. The average molecular weight is 431 g/mol.